The van der Waals surface area contributed by atoms with Gasteiger partial charge in [0.2, 0.25) is 0 Å². The molecule has 0 N–H and O–H groups in total. The van der Waals surface area contributed by atoms with Gasteiger partial charge in [-0.1, -0.05) is 70.7 Å². The predicted molar refractivity (Wildman–Crippen MR) is 204 cm³/mol. The van der Waals surface area contributed by atoms with Gasteiger partial charge in [0.05, 0.1) is 27.7 Å². The summed E-state index contributed by atoms with van der Waals surface area (Å²) in [4.78, 5) is 46.1. The first-order chi connectivity index (χ1) is 22.0. The van der Waals surface area contributed by atoms with Crippen LogP contribution >= 0.6 is 23.5 Å². The second kappa shape index (κ2) is 17.2. The maximum Gasteiger partial charge on any atom is 0.417 e. The van der Waals surface area contributed by atoms with E-state index >= 15 is 0 Å². The van der Waals surface area contributed by atoms with Gasteiger partial charge in [0.1, 0.15) is 11.6 Å². The summed E-state index contributed by atoms with van der Waals surface area (Å²) in [5.74, 6) is 0.0108. The molecular weight excluding hydrogens is 683 g/mol. The lowest BCUT2D eigenvalue weighted by Crippen LogP contribution is -2.46. The van der Waals surface area contributed by atoms with Gasteiger partial charge in [-0.15, -0.1) is 11.8 Å². The normalized spacial score (nSPS) is 16.1. The third kappa shape index (κ3) is 12.0. The standard InChI is InChI=1S/C34H57N3O7S2Si2/c1-24-27(30(38)42-21-23-47(9,10)11)28(36(31(35-24)45-8)32(39)44-33(2,3)4)25-18-17-19-26(37(40)41)29(25)46-22-16-14-15-20-43-48(12,13)34(5,6)7/h17-19,28H,14-16,20-23H2,1-13H3. The minimum atomic E-state index is -1.83. The number of benzene rings is 1. The van der Waals surface area contributed by atoms with Crippen LogP contribution in [0.3, 0.4) is 0 Å². The lowest BCUT2D eigenvalue weighted by Gasteiger charge is -2.37. The van der Waals surface area contributed by atoms with Crippen molar-refractivity contribution in [2.24, 2.45) is 4.99 Å². The molecule has 1 atom stereocenters. The van der Waals surface area contributed by atoms with Crippen molar-refractivity contribution < 1.29 is 28.4 Å². The minimum absolute atomic E-state index is 0.0831. The van der Waals surface area contributed by atoms with E-state index in [1.54, 1.807) is 46.1 Å². The van der Waals surface area contributed by atoms with E-state index in [0.717, 1.165) is 25.3 Å². The molecule has 1 amide bonds. The number of amidine groups is 1. The van der Waals surface area contributed by atoms with E-state index in [1.807, 2.05) is 0 Å². The second-order valence-corrected chi connectivity index (χ2v) is 28.1. The van der Waals surface area contributed by atoms with E-state index in [-0.39, 0.29) is 22.9 Å². The van der Waals surface area contributed by atoms with Crippen LogP contribution in [0, 0.1) is 10.1 Å². The molecule has 48 heavy (non-hydrogen) atoms. The summed E-state index contributed by atoms with van der Waals surface area (Å²) in [6.45, 7) is 25.7. The lowest BCUT2D eigenvalue weighted by molar-refractivity contribution is -0.387. The molecule has 0 saturated carbocycles. The van der Waals surface area contributed by atoms with Gasteiger partial charge in [-0.05, 0) is 76.7 Å². The highest BCUT2D eigenvalue weighted by Gasteiger charge is 2.44. The van der Waals surface area contributed by atoms with E-state index in [1.165, 1.54) is 34.5 Å². The van der Waals surface area contributed by atoms with Crippen LogP contribution in [-0.4, -0.2) is 74.3 Å². The molecule has 0 saturated heterocycles. The number of nitro groups is 1. The molecule has 1 aromatic carbocycles. The number of nitrogens with zero attached hydrogens (tertiary/aromatic N) is 3. The minimum Gasteiger partial charge on any atom is -0.463 e. The highest BCUT2D eigenvalue weighted by molar-refractivity contribution is 8.13. The van der Waals surface area contributed by atoms with Crippen molar-refractivity contribution in [1.29, 1.82) is 0 Å². The van der Waals surface area contributed by atoms with Crippen LogP contribution in [0.5, 0.6) is 0 Å². The van der Waals surface area contributed by atoms with Crippen molar-refractivity contribution >= 4 is 62.8 Å². The molecule has 14 heteroatoms. The average molecular weight is 740 g/mol. The number of hydrogen-bond acceptors (Lipinski definition) is 10. The zero-order chi connectivity index (χ0) is 36.7. The fraction of sp³-hybridized carbons (Fsp3) is 0.676. The van der Waals surface area contributed by atoms with Gasteiger partial charge >= 0.3 is 12.1 Å². The molecule has 0 spiro atoms. The molecule has 0 bridgehead atoms. The van der Waals surface area contributed by atoms with Crippen LogP contribution in [0.25, 0.3) is 0 Å². The summed E-state index contributed by atoms with van der Waals surface area (Å²) in [5.41, 5.74) is 0.0960. The molecule has 0 aromatic heterocycles. The Morgan fingerprint density at radius 3 is 2.21 bits per heavy atom. The van der Waals surface area contributed by atoms with Crippen LogP contribution in [-0.2, 0) is 18.7 Å². The molecule has 0 fully saturated rings. The van der Waals surface area contributed by atoms with Crippen molar-refractivity contribution in [3.63, 3.8) is 0 Å². The number of allylic oxidation sites excluding steroid dienone is 1. The molecule has 10 nitrogen and oxygen atoms in total. The quantitative estimate of drug-likeness (QED) is 0.0458. The number of rotatable bonds is 14. The molecular formula is C34H57N3O7S2Si2. The number of carbonyl (C=O) groups is 2. The Balaban J connectivity index is 2.53. The van der Waals surface area contributed by atoms with E-state index in [4.69, 9.17) is 13.9 Å². The van der Waals surface area contributed by atoms with E-state index < -0.39 is 45.0 Å². The van der Waals surface area contributed by atoms with Crippen LogP contribution in [0.2, 0.25) is 43.8 Å². The highest BCUT2D eigenvalue weighted by atomic mass is 32.2. The van der Waals surface area contributed by atoms with Crippen molar-refractivity contribution in [1.82, 2.24) is 4.90 Å². The summed E-state index contributed by atoms with van der Waals surface area (Å²) in [5, 5.41) is 12.9. The number of nitro benzene ring substituents is 1. The molecule has 1 aliphatic heterocycles. The summed E-state index contributed by atoms with van der Waals surface area (Å²) in [7, 11) is -3.34. The van der Waals surface area contributed by atoms with Gasteiger partial charge in [-0.2, -0.15) is 0 Å². The van der Waals surface area contributed by atoms with Crippen LogP contribution < -0.4 is 0 Å². The number of thioether (sulfide) groups is 2. The van der Waals surface area contributed by atoms with Crippen molar-refractivity contribution in [3.8, 4) is 0 Å². The topological polar surface area (TPSA) is 121 Å². The summed E-state index contributed by atoms with van der Waals surface area (Å²) in [6, 6.07) is 4.53. The van der Waals surface area contributed by atoms with E-state index in [0.29, 0.717) is 33.7 Å². The summed E-state index contributed by atoms with van der Waals surface area (Å²) < 4.78 is 18.0. The third-order valence-corrected chi connectivity index (χ3v) is 16.4. The first-order valence-electron chi connectivity index (χ1n) is 16.6. The van der Waals surface area contributed by atoms with Gasteiger partial charge in [0, 0.05) is 26.3 Å². The Morgan fingerprint density at radius 2 is 1.67 bits per heavy atom. The molecule has 1 heterocycles. The van der Waals surface area contributed by atoms with Crippen molar-refractivity contribution in [2.45, 2.75) is 128 Å². The Kier molecular flexibility index (Phi) is 15.1. The molecule has 0 aliphatic carbocycles. The smallest absolute Gasteiger partial charge is 0.417 e. The van der Waals surface area contributed by atoms with Gasteiger partial charge < -0.3 is 13.9 Å². The second-order valence-electron chi connectivity index (χ2n) is 15.8. The summed E-state index contributed by atoms with van der Waals surface area (Å²) >= 11 is 2.61. The number of hydrogen-bond donors (Lipinski definition) is 0. The number of esters is 1. The number of amides is 1. The monoisotopic (exact) mass is 739 g/mol. The SMILES string of the molecule is CSC1=NC(C)=C(C(=O)OCC[Si](C)(C)C)C(c2cccc([N+](=O)[O-])c2SCCCCCO[Si](C)(C)C(C)(C)C)N1C(=O)OC(C)(C)C. The fourth-order valence-corrected chi connectivity index (χ4v) is 8.17. The Morgan fingerprint density at radius 1 is 1.02 bits per heavy atom. The van der Waals surface area contributed by atoms with Crippen LogP contribution in [0.4, 0.5) is 10.5 Å². The van der Waals surface area contributed by atoms with Gasteiger partial charge in [0.15, 0.2) is 13.5 Å². The Labute approximate surface area is 298 Å². The molecule has 2 rings (SSSR count). The Hall–Kier alpha value is -2.14. The van der Waals surface area contributed by atoms with Crippen molar-refractivity contribution in [2.75, 3.05) is 25.2 Å². The van der Waals surface area contributed by atoms with Gasteiger partial charge in [-0.25, -0.2) is 19.5 Å². The van der Waals surface area contributed by atoms with Crippen LogP contribution in [0.1, 0.15) is 79.3 Å². The maximum atomic E-state index is 13.9. The summed E-state index contributed by atoms with van der Waals surface area (Å²) in [6.07, 6.45) is 3.70. The highest BCUT2D eigenvalue weighted by Crippen LogP contribution is 2.45. The maximum absolute atomic E-state index is 13.9. The lowest BCUT2D eigenvalue weighted by atomic mass is 9.94. The number of aliphatic imine (C=N–C) groups is 1. The zero-order valence-electron chi connectivity index (χ0n) is 31.3. The van der Waals surface area contributed by atoms with Gasteiger partial charge in [-0.3, -0.25) is 10.1 Å². The van der Waals surface area contributed by atoms with E-state index in [9.17, 15) is 19.7 Å². The molecule has 1 aromatic rings. The first kappa shape index (κ1) is 42.0. The number of unbranched alkanes of at least 4 members (excludes halogenated alkanes) is 2. The first-order valence-corrected chi connectivity index (χ1v) is 25.4. The number of carbonyl (C=O) groups excluding carboxylic acids is 2. The fourth-order valence-electron chi connectivity index (χ4n) is 4.57. The predicted octanol–water partition coefficient (Wildman–Crippen LogP) is 10.0. The molecule has 270 valence electrons. The molecule has 0 radical (unpaired) electrons. The van der Waals surface area contributed by atoms with Crippen LogP contribution in [0.15, 0.2) is 39.4 Å². The van der Waals surface area contributed by atoms with E-state index in [2.05, 4.69) is 58.5 Å². The largest absolute Gasteiger partial charge is 0.463 e. The number of ether oxygens (including phenoxy) is 2. The van der Waals surface area contributed by atoms with Crippen molar-refractivity contribution in [3.05, 3.63) is 45.1 Å². The Bertz CT molecular complexity index is 1380. The average Bonchev–Trinajstić information content (AvgIpc) is 2.93. The molecule has 1 aliphatic rings. The zero-order valence-corrected chi connectivity index (χ0v) is 34.9. The van der Waals surface area contributed by atoms with Gasteiger partial charge in [0.25, 0.3) is 5.69 Å². The third-order valence-electron chi connectivity index (χ3n) is 8.29. The molecule has 1 unspecified atom stereocenters.